The van der Waals surface area contributed by atoms with Gasteiger partial charge in [0.25, 0.3) is 0 Å². The number of aromatic nitrogens is 2. The van der Waals surface area contributed by atoms with Gasteiger partial charge in [0.1, 0.15) is 24.1 Å². The molecule has 5 atom stereocenters. The molecule has 3 aromatic rings. The van der Waals surface area contributed by atoms with Crippen LogP contribution in [0.25, 0.3) is 11.0 Å². The average molecular weight is 398 g/mol. The largest absolute Gasteiger partial charge is 0.388 e. The smallest absolute Gasteiger partial charge is 0.319 e. The van der Waals surface area contributed by atoms with Crippen molar-refractivity contribution in [2.75, 3.05) is 11.9 Å². The third-order valence-electron chi connectivity index (χ3n) is 5.33. The lowest BCUT2D eigenvalue weighted by Crippen LogP contribution is -2.59. The molecule has 0 radical (unpaired) electrons. The van der Waals surface area contributed by atoms with Gasteiger partial charge in [-0.1, -0.05) is 12.1 Å². The number of nitrogens with zero attached hydrogens (tertiary/aromatic N) is 2. The van der Waals surface area contributed by atoms with Gasteiger partial charge in [0.05, 0.1) is 30.0 Å². The maximum Gasteiger partial charge on any atom is 0.319 e. The summed E-state index contributed by atoms with van der Waals surface area (Å²) in [5, 5.41) is 16.5. The number of imidazole rings is 1. The zero-order chi connectivity index (χ0) is 20.0. The van der Waals surface area contributed by atoms with Crippen molar-refractivity contribution >= 4 is 22.8 Å². The Morgan fingerprint density at radius 2 is 2.00 bits per heavy atom. The van der Waals surface area contributed by atoms with E-state index in [-0.39, 0.29) is 6.61 Å². The van der Waals surface area contributed by atoms with Crippen LogP contribution in [0.5, 0.6) is 0 Å². The molecule has 5 unspecified atom stereocenters. The molecule has 2 bridgehead atoms. The van der Waals surface area contributed by atoms with Crippen molar-refractivity contribution in [2.24, 2.45) is 0 Å². The van der Waals surface area contributed by atoms with E-state index in [0.717, 1.165) is 11.0 Å². The van der Waals surface area contributed by atoms with Gasteiger partial charge in [-0.05, 0) is 36.4 Å². The van der Waals surface area contributed by atoms with Crippen LogP contribution in [0.1, 0.15) is 6.04 Å². The van der Waals surface area contributed by atoms with Crippen molar-refractivity contribution < 1.29 is 23.8 Å². The number of halogens is 1. The molecule has 5 rings (SSSR count). The number of aliphatic hydroxyl groups excluding tert-OH is 1. The van der Waals surface area contributed by atoms with Gasteiger partial charge >= 0.3 is 6.03 Å². The van der Waals surface area contributed by atoms with Crippen LogP contribution >= 0.6 is 0 Å². The van der Waals surface area contributed by atoms with E-state index in [9.17, 15) is 14.3 Å². The third-order valence-corrected chi connectivity index (χ3v) is 5.33. The minimum atomic E-state index is -0.960. The summed E-state index contributed by atoms with van der Waals surface area (Å²) < 4.78 is 26.5. The van der Waals surface area contributed by atoms with Gasteiger partial charge in [0, 0.05) is 5.69 Å². The molecule has 2 aliphatic heterocycles. The number of para-hydroxylation sites is 2. The van der Waals surface area contributed by atoms with Crippen molar-refractivity contribution in [1.82, 2.24) is 14.9 Å². The molecular formula is C20H19FN4O4. The number of rotatable bonds is 3. The van der Waals surface area contributed by atoms with E-state index >= 15 is 0 Å². The molecule has 0 aliphatic carbocycles. The molecule has 0 spiro atoms. The van der Waals surface area contributed by atoms with Crippen LogP contribution in [-0.4, -0.2) is 51.8 Å². The Balaban J connectivity index is 1.37. The predicted molar refractivity (Wildman–Crippen MR) is 102 cm³/mol. The summed E-state index contributed by atoms with van der Waals surface area (Å²) in [5.41, 5.74) is 2.06. The number of urea groups is 1. The van der Waals surface area contributed by atoms with Crippen LogP contribution in [0.3, 0.4) is 0 Å². The monoisotopic (exact) mass is 398 g/mol. The number of benzene rings is 2. The third kappa shape index (κ3) is 3.23. The van der Waals surface area contributed by atoms with Gasteiger partial charge in [0.2, 0.25) is 0 Å². The Hall–Kier alpha value is -3.01. The molecule has 2 aliphatic rings. The first-order valence-corrected chi connectivity index (χ1v) is 9.30. The number of ether oxygens (including phenoxy) is 2. The molecular weight excluding hydrogens is 379 g/mol. The fraction of sp³-hybridized carbons (Fsp3) is 0.300. The topological polar surface area (TPSA) is 97.6 Å². The number of carbonyl (C=O) groups excluding carboxylic acids is 1. The molecule has 29 heavy (non-hydrogen) atoms. The van der Waals surface area contributed by atoms with E-state index in [1.807, 2.05) is 28.8 Å². The highest BCUT2D eigenvalue weighted by atomic mass is 19.1. The van der Waals surface area contributed by atoms with E-state index in [2.05, 4.69) is 15.6 Å². The fourth-order valence-electron chi connectivity index (χ4n) is 3.94. The summed E-state index contributed by atoms with van der Waals surface area (Å²) in [7, 11) is 0. The van der Waals surface area contributed by atoms with Crippen molar-refractivity contribution in [3.05, 3.63) is 60.7 Å². The van der Waals surface area contributed by atoms with Crippen LogP contribution in [0, 0.1) is 5.82 Å². The van der Waals surface area contributed by atoms with Gasteiger partial charge in [-0.25, -0.2) is 14.2 Å². The summed E-state index contributed by atoms with van der Waals surface area (Å²) in [6.07, 6.45) is -0.428. The van der Waals surface area contributed by atoms with Gasteiger partial charge in [-0.3, -0.25) is 0 Å². The molecule has 2 fully saturated rings. The average Bonchev–Trinajstić information content (AvgIpc) is 3.34. The molecule has 2 amide bonds. The fourth-order valence-corrected chi connectivity index (χ4v) is 3.94. The van der Waals surface area contributed by atoms with Crippen molar-refractivity contribution in [1.29, 1.82) is 0 Å². The highest BCUT2D eigenvalue weighted by Crippen LogP contribution is 2.37. The maximum absolute atomic E-state index is 13.0. The molecule has 1 aromatic heterocycles. The summed E-state index contributed by atoms with van der Waals surface area (Å²) in [6, 6.07) is 11.2. The van der Waals surface area contributed by atoms with Crippen molar-refractivity contribution in [3.8, 4) is 0 Å². The summed E-state index contributed by atoms with van der Waals surface area (Å²) >= 11 is 0. The van der Waals surface area contributed by atoms with Crippen LogP contribution in [-0.2, 0) is 9.47 Å². The van der Waals surface area contributed by atoms with Crippen LogP contribution in [0.15, 0.2) is 54.9 Å². The Morgan fingerprint density at radius 1 is 1.21 bits per heavy atom. The first-order valence-electron chi connectivity index (χ1n) is 9.30. The SMILES string of the molecule is O=C(Nc1ccc(F)cc1)NC1C2COC(O2)C(n2cnc3ccccc32)C1O. The number of hydrogen-bond donors (Lipinski definition) is 3. The second-order valence-electron chi connectivity index (χ2n) is 7.13. The van der Waals surface area contributed by atoms with Crippen molar-refractivity contribution in [2.45, 2.75) is 30.6 Å². The second kappa shape index (κ2) is 7.11. The highest BCUT2D eigenvalue weighted by Gasteiger charge is 2.51. The van der Waals surface area contributed by atoms with Crippen molar-refractivity contribution in [3.63, 3.8) is 0 Å². The standard InChI is InChI=1S/C20H19FN4O4/c21-11-5-7-12(8-6-11)23-20(27)24-16-15-9-28-19(29-15)17(18(16)26)25-10-22-13-3-1-2-4-14(13)25/h1-8,10,15-19,26H,9H2,(H2,23,24,27). The Bertz CT molecular complexity index is 1040. The number of nitrogens with one attached hydrogen (secondary N) is 2. The number of fused-ring (bicyclic) bond motifs is 3. The number of hydrogen-bond acceptors (Lipinski definition) is 5. The first kappa shape index (κ1) is 18.0. The molecule has 9 heteroatoms. The minimum absolute atomic E-state index is 0.256. The molecule has 3 heterocycles. The molecule has 2 saturated heterocycles. The Kier molecular flexibility index (Phi) is 4.42. The first-order chi connectivity index (χ1) is 14.1. The van der Waals surface area contributed by atoms with Crippen LogP contribution in [0.2, 0.25) is 0 Å². The highest BCUT2D eigenvalue weighted by molar-refractivity contribution is 5.89. The predicted octanol–water partition coefficient (Wildman–Crippen LogP) is 2.02. The molecule has 8 nitrogen and oxygen atoms in total. The van der Waals surface area contributed by atoms with Crippen LogP contribution in [0.4, 0.5) is 14.9 Å². The molecule has 150 valence electrons. The number of anilines is 1. The maximum atomic E-state index is 13.0. The van der Waals surface area contributed by atoms with Gasteiger partial charge in [-0.2, -0.15) is 0 Å². The van der Waals surface area contributed by atoms with Gasteiger partial charge in [-0.15, -0.1) is 0 Å². The lowest BCUT2D eigenvalue weighted by molar-refractivity contribution is -0.162. The minimum Gasteiger partial charge on any atom is -0.388 e. The summed E-state index contributed by atoms with van der Waals surface area (Å²) in [5.74, 6) is -0.392. The lowest BCUT2D eigenvalue weighted by Gasteiger charge is -2.39. The summed E-state index contributed by atoms with van der Waals surface area (Å²) in [6.45, 7) is 0.256. The van der Waals surface area contributed by atoms with E-state index < -0.39 is 42.4 Å². The lowest BCUT2D eigenvalue weighted by atomic mass is 9.96. The van der Waals surface area contributed by atoms with Gasteiger partial charge in [0.15, 0.2) is 6.29 Å². The summed E-state index contributed by atoms with van der Waals surface area (Å²) in [4.78, 5) is 16.8. The van der Waals surface area contributed by atoms with Gasteiger partial charge < -0.3 is 29.8 Å². The normalized spacial score (nSPS) is 28.4. The molecule has 3 N–H and O–H groups in total. The second-order valence-corrected chi connectivity index (χ2v) is 7.13. The zero-order valence-corrected chi connectivity index (χ0v) is 15.2. The van der Waals surface area contributed by atoms with E-state index in [1.165, 1.54) is 24.3 Å². The Labute approximate surface area is 165 Å². The number of carbonyl (C=O) groups is 1. The quantitative estimate of drug-likeness (QED) is 0.627. The van der Waals surface area contributed by atoms with E-state index in [0.29, 0.717) is 5.69 Å². The Morgan fingerprint density at radius 3 is 2.83 bits per heavy atom. The van der Waals surface area contributed by atoms with E-state index in [4.69, 9.17) is 9.47 Å². The zero-order valence-electron chi connectivity index (χ0n) is 15.2. The molecule has 0 saturated carbocycles. The number of amides is 2. The van der Waals surface area contributed by atoms with Crippen LogP contribution < -0.4 is 10.6 Å². The van der Waals surface area contributed by atoms with E-state index in [1.54, 1.807) is 6.33 Å². The number of aliphatic hydroxyl groups is 1. The molecule has 2 aromatic carbocycles.